The number of carbonyl (C=O) groups is 1. The Morgan fingerprint density at radius 3 is 2.90 bits per heavy atom. The first kappa shape index (κ1) is 13.8. The lowest BCUT2D eigenvalue weighted by molar-refractivity contribution is -0.117. The Balaban J connectivity index is 1.61. The van der Waals surface area contributed by atoms with Gasteiger partial charge in [-0.15, -0.1) is 0 Å². The standard InChI is InChI=1S/C16H20N4O/c1-19-11-15(9-17-19)18-16(21)12-20-8-4-7-13-5-2-3-6-14(13)10-20/h2-3,5-6,9,11H,4,7-8,10,12H2,1H3,(H,18,21). The summed E-state index contributed by atoms with van der Waals surface area (Å²) in [5, 5.41) is 6.94. The number of hydrogen-bond acceptors (Lipinski definition) is 3. The second-order valence-electron chi connectivity index (χ2n) is 5.53. The molecule has 1 amide bonds. The smallest absolute Gasteiger partial charge is 0.238 e. The Morgan fingerprint density at radius 1 is 1.33 bits per heavy atom. The van der Waals surface area contributed by atoms with E-state index in [1.165, 1.54) is 11.1 Å². The van der Waals surface area contributed by atoms with Gasteiger partial charge < -0.3 is 5.32 Å². The molecule has 0 spiro atoms. The molecule has 1 aliphatic rings. The minimum atomic E-state index is 0.0161. The van der Waals surface area contributed by atoms with Crippen LogP contribution in [-0.2, 0) is 24.8 Å². The number of hydrogen-bond donors (Lipinski definition) is 1. The fraction of sp³-hybridized carbons (Fsp3) is 0.375. The first-order valence-corrected chi connectivity index (χ1v) is 7.28. The molecule has 3 rings (SSSR count). The van der Waals surface area contributed by atoms with Gasteiger partial charge in [0, 0.05) is 19.8 Å². The van der Waals surface area contributed by atoms with Crippen LogP contribution in [0.1, 0.15) is 17.5 Å². The quantitative estimate of drug-likeness (QED) is 0.935. The van der Waals surface area contributed by atoms with Crippen LogP contribution in [0.3, 0.4) is 0 Å². The zero-order valence-corrected chi connectivity index (χ0v) is 12.2. The Hall–Kier alpha value is -2.14. The van der Waals surface area contributed by atoms with E-state index in [4.69, 9.17) is 0 Å². The summed E-state index contributed by atoms with van der Waals surface area (Å²) in [6, 6.07) is 8.50. The topological polar surface area (TPSA) is 50.2 Å². The fourth-order valence-electron chi connectivity index (χ4n) is 2.79. The molecule has 5 heteroatoms. The van der Waals surface area contributed by atoms with Gasteiger partial charge >= 0.3 is 0 Å². The van der Waals surface area contributed by atoms with Crippen molar-refractivity contribution in [3.8, 4) is 0 Å². The highest BCUT2D eigenvalue weighted by molar-refractivity contribution is 5.91. The highest BCUT2D eigenvalue weighted by Gasteiger charge is 2.16. The van der Waals surface area contributed by atoms with Gasteiger partial charge in [-0.05, 0) is 30.5 Å². The van der Waals surface area contributed by atoms with Crippen molar-refractivity contribution in [2.24, 2.45) is 7.05 Å². The van der Waals surface area contributed by atoms with E-state index >= 15 is 0 Å². The highest BCUT2D eigenvalue weighted by Crippen LogP contribution is 2.18. The van der Waals surface area contributed by atoms with Gasteiger partial charge in [-0.2, -0.15) is 5.10 Å². The summed E-state index contributed by atoms with van der Waals surface area (Å²) in [6.07, 6.45) is 5.65. The number of carbonyl (C=O) groups excluding carboxylic acids is 1. The van der Waals surface area contributed by atoms with Gasteiger partial charge in [-0.1, -0.05) is 24.3 Å². The number of aryl methyl sites for hydroxylation is 2. The van der Waals surface area contributed by atoms with Crippen LogP contribution in [0.25, 0.3) is 0 Å². The van der Waals surface area contributed by atoms with Gasteiger partial charge in [-0.25, -0.2) is 0 Å². The minimum Gasteiger partial charge on any atom is -0.322 e. The normalized spacial score (nSPS) is 15.3. The van der Waals surface area contributed by atoms with E-state index in [1.807, 2.05) is 7.05 Å². The zero-order valence-electron chi connectivity index (χ0n) is 12.2. The van der Waals surface area contributed by atoms with Crippen LogP contribution >= 0.6 is 0 Å². The number of anilines is 1. The molecule has 2 aromatic rings. The largest absolute Gasteiger partial charge is 0.322 e. The highest BCUT2D eigenvalue weighted by atomic mass is 16.2. The third kappa shape index (κ3) is 3.49. The van der Waals surface area contributed by atoms with Gasteiger partial charge in [0.25, 0.3) is 0 Å². The van der Waals surface area contributed by atoms with Crippen molar-refractivity contribution in [3.05, 3.63) is 47.8 Å². The van der Waals surface area contributed by atoms with Gasteiger partial charge in [-0.3, -0.25) is 14.4 Å². The van der Waals surface area contributed by atoms with E-state index in [-0.39, 0.29) is 5.91 Å². The van der Waals surface area contributed by atoms with E-state index in [0.717, 1.165) is 31.6 Å². The third-order valence-corrected chi connectivity index (χ3v) is 3.79. The average Bonchev–Trinajstić information content (AvgIpc) is 2.74. The maximum atomic E-state index is 12.1. The summed E-state index contributed by atoms with van der Waals surface area (Å²) < 4.78 is 1.68. The maximum Gasteiger partial charge on any atom is 0.238 e. The van der Waals surface area contributed by atoms with E-state index < -0.39 is 0 Å². The molecule has 1 N–H and O–H groups in total. The average molecular weight is 284 g/mol. The number of aromatic nitrogens is 2. The summed E-state index contributed by atoms with van der Waals surface area (Å²) in [5.41, 5.74) is 3.49. The molecule has 110 valence electrons. The van der Waals surface area contributed by atoms with Crippen LogP contribution in [0.2, 0.25) is 0 Å². The predicted octanol–water partition coefficient (Wildman–Crippen LogP) is 1.81. The number of rotatable bonds is 3. The lowest BCUT2D eigenvalue weighted by Crippen LogP contribution is -2.33. The number of nitrogens with one attached hydrogen (secondary N) is 1. The summed E-state index contributed by atoms with van der Waals surface area (Å²) >= 11 is 0. The summed E-state index contributed by atoms with van der Waals surface area (Å²) in [4.78, 5) is 14.3. The molecule has 0 unspecified atom stereocenters. The van der Waals surface area contributed by atoms with Crippen LogP contribution in [-0.4, -0.2) is 33.7 Å². The van der Waals surface area contributed by atoms with Crippen LogP contribution in [0.5, 0.6) is 0 Å². The second kappa shape index (κ2) is 6.10. The maximum absolute atomic E-state index is 12.1. The van der Waals surface area contributed by atoms with Gasteiger partial charge in [0.15, 0.2) is 0 Å². The number of fused-ring (bicyclic) bond motifs is 1. The van der Waals surface area contributed by atoms with E-state index in [9.17, 15) is 4.79 Å². The first-order chi connectivity index (χ1) is 10.2. The van der Waals surface area contributed by atoms with Crippen molar-refractivity contribution in [2.75, 3.05) is 18.4 Å². The van der Waals surface area contributed by atoms with Gasteiger partial charge in [0.05, 0.1) is 18.4 Å². The minimum absolute atomic E-state index is 0.0161. The second-order valence-corrected chi connectivity index (χ2v) is 5.53. The lowest BCUT2D eigenvalue weighted by atomic mass is 10.0. The van der Waals surface area contributed by atoms with E-state index in [0.29, 0.717) is 6.54 Å². The van der Waals surface area contributed by atoms with Crippen LogP contribution < -0.4 is 5.32 Å². The van der Waals surface area contributed by atoms with Crippen molar-refractivity contribution in [3.63, 3.8) is 0 Å². The molecule has 0 fully saturated rings. The molecule has 0 radical (unpaired) electrons. The molecule has 1 aromatic carbocycles. The third-order valence-electron chi connectivity index (χ3n) is 3.79. The SMILES string of the molecule is Cn1cc(NC(=O)CN2CCCc3ccccc3C2)cn1. The zero-order chi connectivity index (χ0) is 14.7. The summed E-state index contributed by atoms with van der Waals surface area (Å²) in [5.74, 6) is 0.0161. The number of nitrogens with zero attached hydrogens (tertiary/aromatic N) is 3. The molecule has 0 bridgehead atoms. The molecule has 0 aliphatic carbocycles. The van der Waals surface area contributed by atoms with Gasteiger partial charge in [0.2, 0.25) is 5.91 Å². The Morgan fingerprint density at radius 2 is 2.14 bits per heavy atom. The van der Waals surface area contributed by atoms with E-state index in [1.54, 1.807) is 17.1 Å². The number of amides is 1. The Labute approximate surface area is 124 Å². The van der Waals surface area contributed by atoms with Gasteiger partial charge in [0.1, 0.15) is 0 Å². The molecule has 21 heavy (non-hydrogen) atoms. The van der Waals surface area contributed by atoms with Crippen LogP contribution in [0.15, 0.2) is 36.7 Å². The molecule has 0 atom stereocenters. The summed E-state index contributed by atoms with van der Waals surface area (Å²) in [6.45, 7) is 2.22. The van der Waals surface area contributed by atoms with Crippen molar-refractivity contribution >= 4 is 11.6 Å². The molecule has 1 aliphatic heterocycles. The van der Waals surface area contributed by atoms with Crippen molar-refractivity contribution in [2.45, 2.75) is 19.4 Å². The van der Waals surface area contributed by atoms with Crippen molar-refractivity contribution in [1.29, 1.82) is 0 Å². The fourth-order valence-corrected chi connectivity index (χ4v) is 2.79. The number of benzene rings is 1. The van der Waals surface area contributed by atoms with Crippen LogP contribution in [0.4, 0.5) is 5.69 Å². The molecule has 5 nitrogen and oxygen atoms in total. The molecule has 0 saturated carbocycles. The predicted molar refractivity (Wildman–Crippen MR) is 81.9 cm³/mol. The molecule has 2 heterocycles. The van der Waals surface area contributed by atoms with Crippen molar-refractivity contribution in [1.82, 2.24) is 14.7 Å². The molecular formula is C16H20N4O. The lowest BCUT2D eigenvalue weighted by Gasteiger charge is -2.19. The Bertz CT molecular complexity index is 635. The van der Waals surface area contributed by atoms with E-state index in [2.05, 4.69) is 39.6 Å². The molecule has 1 aromatic heterocycles. The summed E-state index contributed by atoms with van der Waals surface area (Å²) in [7, 11) is 1.83. The monoisotopic (exact) mass is 284 g/mol. The first-order valence-electron chi connectivity index (χ1n) is 7.28. The molecular weight excluding hydrogens is 264 g/mol. The van der Waals surface area contributed by atoms with Crippen LogP contribution in [0, 0.1) is 0 Å². The van der Waals surface area contributed by atoms with Crippen molar-refractivity contribution < 1.29 is 4.79 Å². The molecule has 0 saturated heterocycles. The Kier molecular flexibility index (Phi) is 4.01.